The smallest absolute Gasteiger partial charge is 0.121 e. The third kappa shape index (κ3) is 4.18. The van der Waals surface area contributed by atoms with E-state index in [0.29, 0.717) is 6.04 Å². The van der Waals surface area contributed by atoms with Crippen molar-refractivity contribution in [2.75, 3.05) is 7.05 Å². The molecular weight excluding hydrogens is 246 g/mol. The van der Waals surface area contributed by atoms with Crippen molar-refractivity contribution in [3.63, 3.8) is 0 Å². The van der Waals surface area contributed by atoms with Gasteiger partial charge in [0.05, 0.1) is 0 Å². The van der Waals surface area contributed by atoms with Gasteiger partial charge in [0.2, 0.25) is 0 Å². The average Bonchev–Trinajstić information content (AvgIpc) is 3.14. The second kappa shape index (κ2) is 6.44. The van der Waals surface area contributed by atoms with Crippen molar-refractivity contribution in [2.45, 2.75) is 44.8 Å². The van der Waals surface area contributed by atoms with Gasteiger partial charge in [-0.2, -0.15) is 0 Å². The van der Waals surface area contributed by atoms with Crippen LogP contribution < -0.4 is 10.1 Å². The van der Waals surface area contributed by atoms with Gasteiger partial charge < -0.3 is 10.1 Å². The van der Waals surface area contributed by atoms with Crippen LogP contribution in [0.4, 0.5) is 0 Å². The quantitative estimate of drug-likeness (QED) is 0.809. The molecule has 1 aromatic carbocycles. The summed E-state index contributed by atoms with van der Waals surface area (Å²) in [6, 6.07) is 8.01. The number of likely N-dealkylation sites (N-methyl/N-ethyl adjacent to an activating group) is 1. The Bertz CT molecular complexity index is 379. The third-order valence-corrected chi connectivity index (χ3v) is 3.87. The van der Waals surface area contributed by atoms with Crippen LogP contribution in [-0.2, 0) is 0 Å². The topological polar surface area (TPSA) is 21.3 Å². The molecule has 2 atom stereocenters. The number of nitrogens with one attached hydrogen (secondary N) is 1. The van der Waals surface area contributed by atoms with Crippen molar-refractivity contribution in [3.8, 4) is 5.75 Å². The van der Waals surface area contributed by atoms with Gasteiger partial charge in [0.1, 0.15) is 11.9 Å². The fourth-order valence-corrected chi connectivity index (χ4v) is 2.45. The van der Waals surface area contributed by atoms with Crippen molar-refractivity contribution in [1.29, 1.82) is 0 Å². The van der Waals surface area contributed by atoms with E-state index in [-0.39, 0.29) is 6.10 Å². The van der Waals surface area contributed by atoms with Crippen molar-refractivity contribution in [3.05, 3.63) is 29.3 Å². The van der Waals surface area contributed by atoms with Crippen LogP contribution in [0.2, 0.25) is 5.02 Å². The van der Waals surface area contributed by atoms with E-state index in [1.165, 1.54) is 25.7 Å². The highest BCUT2D eigenvalue weighted by molar-refractivity contribution is 6.30. The SMILES string of the molecule is CNC(CCC1CC1)C(C)Oc1cccc(Cl)c1. The molecule has 0 spiro atoms. The zero-order valence-electron chi connectivity index (χ0n) is 11.2. The Morgan fingerprint density at radius 3 is 2.83 bits per heavy atom. The minimum absolute atomic E-state index is 0.159. The van der Waals surface area contributed by atoms with Crippen molar-refractivity contribution in [2.24, 2.45) is 5.92 Å². The Balaban J connectivity index is 1.85. The molecule has 1 fully saturated rings. The van der Waals surface area contributed by atoms with Crippen LogP contribution in [0, 0.1) is 5.92 Å². The van der Waals surface area contributed by atoms with Gasteiger partial charge in [-0.05, 0) is 50.9 Å². The maximum Gasteiger partial charge on any atom is 0.121 e. The van der Waals surface area contributed by atoms with Crippen LogP contribution in [0.3, 0.4) is 0 Å². The molecule has 1 aliphatic rings. The molecule has 0 radical (unpaired) electrons. The summed E-state index contributed by atoms with van der Waals surface area (Å²) in [6.07, 6.45) is 5.49. The zero-order chi connectivity index (χ0) is 13.0. The number of benzene rings is 1. The predicted octanol–water partition coefficient (Wildman–Crippen LogP) is 3.89. The van der Waals surface area contributed by atoms with Gasteiger partial charge in [-0.1, -0.05) is 30.5 Å². The van der Waals surface area contributed by atoms with Crippen molar-refractivity contribution in [1.82, 2.24) is 5.32 Å². The van der Waals surface area contributed by atoms with E-state index in [1.807, 2.05) is 31.3 Å². The summed E-state index contributed by atoms with van der Waals surface area (Å²) >= 11 is 5.96. The first-order valence-corrected chi connectivity index (χ1v) is 7.16. The largest absolute Gasteiger partial charge is 0.489 e. The van der Waals surface area contributed by atoms with E-state index in [4.69, 9.17) is 16.3 Å². The van der Waals surface area contributed by atoms with E-state index in [9.17, 15) is 0 Å². The summed E-state index contributed by atoms with van der Waals surface area (Å²) in [5.74, 6) is 1.82. The number of hydrogen-bond acceptors (Lipinski definition) is 2. The summed E-state index contributed by atoms with van der Waals surface area (Å²) in [4.78, 5) is 0. The van der Waals surface area contributed by atoms with Crippen molar-refractivity contribution >= 4 is 11.6 Å². The highest BCUT2D eigenvalue weighted by Gasteiger charge is 2.24. The second-order valence-electron chi connectivity index (χ2n) is 5.20. The van der Waals surface area contributed by atoms with Gasteiger partial charge in [0, 0.05) is 11.1 Å². The molecule has 0 heterocycles. The molecule has 1 aliphatic carbocycles. The van der Waals surface area contributed by atoms with E-state index >= 15 is 0 Å². The molecule has 2 unspecified atom stereocenters. The van der Waals surface area contributed by atoms with Gasteiger partial charge >= 0.3 is 0 Å². The van der Waals surface area contributed by atoms with Crippen LogP contribution >= 0.6 is 11.6 Å². The maximum atomic E-state index is 5.96. The lowest BCUT2D eigenvalue weighted by Gasteiger charge is -2.24. The molecular formula is C15H22ClNO. The molecule has 1 saturated carbocycles. The summed E-state index contributed by atoms with van der Waals surface area (Å²) in [7, 11) is 2.01. The van der Waals surface area contributed by atoms with Gasteiger partial charge in [-0.15, -0.1) is 0 Å². The fourth-order valence-electron chi connectivity index (χ4n) is 2.27. The number of halogens is 1. The molecule has 0 aromatic heterocycles. The van der Waals surface area contributed by atoms with Gasteiger partial charge in [0.15, 0.2) is 0 Å². The Morgan fingerprint density at radius 2 is 2.22 bits per heavy atom. The third-order valence-electron chi connectivity index (χ3n) is 3.64. The second-order valence-corrected chi connectivity index (χ2v) is 5.63. The minimum atomic E-state index is 0.159. The van der Waals surface area contributed by atoms with Gasteiger partial charge in [-0.3, -0.25) is 0 Å². The van der Waals surface area contributed by atoms with Crippen LogP contribution in [0.1, 0.15) is 32.6 Å². The van der Waals surface area contributed by atoms with E-state index < -0.39 is 0 Å². The summed E-state index contributed by atoms with van der Waals surface area (Å²) in [5, 5.41) is 4.08. The first-order chi connectivity index (χ1) is 8.69. The Hall–Kier alpha value is -0.730. The van der Waals surface area contributed by atoms with Crippen molar-refractivity contribution < 1.29 is 4.74 Å². The monoisotopic (exact) mass is 267 g/mol. The maximum absolute atomic E-state index is 5.96. The standard InChI is InChI=1S/C15H22ClNO/c1-11(15(17-2)9-8-12-6-7-12)18-14-5-3-4-13(16)10-14/h3-5,10-12,15,17H,6-9H2,1-2H3. The molecule has 18 heavy (non-hydrogen) atoms. The average molecular weight is 268 g/mol. The molecule has 0 amide bonds. The predicted molar refractivity (Wildman–Crippen MR) is 76.3 cm³/mol. The molecule has 0 aliphatic heterocycles. The normalized spacial score (nSPS) is 18.4. The van der Waals surface area contributed by atoms with Crippen LogP contribution in [0.15, 0.2) is 24.3 Å². The molecule has 2 nitrogen and oxygen atoms in total. The Kier molecular flexibility index (Phi) is 4.90. The van der Waals surface area contributed by atoms with Gasteiger partial charge in [-0.25, -0.2) is 0 Å². The molecule has 1 aromatic rings. The molecule has 2 rings (SSSR count). The highest BCUT2D eigenvalue weighted by atomic mass is 35.5. The summed E-state index contributed by atoms with van der Waals surface area (Å²) < 4.78 is 5.95. The van der Waals surface area contributed by atoms with Crippen LogP contribution in [0.25, 0.3) is 0 Å². The lowest BCUT2D eigenvalue weighted by atomic mass is 10.0. The van der Waals surface area contributed by atoms with E-state index in [0.717, 1.165) is 16.7 Å². The zero-order valence-corrected chi connectivity index (χ0v) is 11.9. The Labute approximate surface area is 115 Å². The number of rotatable bonds is 7. The molecule has 1 N–H and O–H groups in total. The highest BCUT2D eigenvalue weighted by Crippen LogP contribution is 2.34. The van der Waals surface area contributed by atoms with Crippen LogP contribution in [-0.4, -0.2) is 19.2 Å². The molecule has 0 bridgehead atoms. The summed E-state index contributed by atoms with van der Waals surface area (Å²) in [6.45, 7) is 2.12. The van der Waals surface area contributed by atoms with E-state index in [1.54, 1.807) is 0 Å². The number of hydrogen-bond donors (Lipinski definition) is 1. The van der Waals surface area contributed by atoms with E-state index in [2.05, 4.69) is 12.2 Å². The lowest BCUT2D eigenvalue weighted by Crippen LogP contribution is -2.39. The first kappa shape index (κ1) is 13.7. The van der Waals surface area contributed by atoms with Crippen LogP contribution in [0.5, 0.6) is 5.75 Å². The first-order valence-electron chi connectivity index (χ1n) is 6.78. The molecule has 3 heteroatoms. The lowest BCUT2D eigenvalue weighted by molar-refractivity contribution is 0.167. The molecule has 0 saturated heterocycles. The van der Waals surface area contributed by atoms with Gasteiger partial charge in [0.25, 0.3) is 0 Å². The minimum Gasteiger partial charge on any atom is -0.489 e. The molecule has 100 valence electrons. The Morgan fingerprint density at radius 1 is 1.44 bits per heavy atom. The number of ether oxygens (including phenoxy) is 1. The summed E-state index contributed by atoms with van der Waals surface area (Å²) in [5.41, 5.74) is 0. The fraction of sp³-hybridized carbons (Fsp3) is 0.600.